The summed E-state index contributed by atoms with van der Waals surface area (Å²) in [6.45, 7) is 5.99. The number of benzene rings is 1. The van der Waals surface area contributed by atoms with Gasteiger partial charge in [-0.05, 0) is 56.1 Å². The smallest absolute Gasteiger partial charge is 0.257 e. The van der Waals surface area contributed by atoms with Crippen LogP contribution < -0.4 is 0 Å². The molecule has 1 aliphatic heterocycles. The molecular formula is C22H29N3O. The van der Waals surface area contributed by atoms with Gasteiger partial charge in [0, 0.05) is 19.3 Å². The number of likely N-dealkylation sites (tertiary alicyclic amines) is 1. The quantitative estimate of drug-likeness (QED) is 0.783. The number of carbonyl (C=O) groups is 1. The molecule has 4 nitrogen and oxygen atoms in total. The maximum absolute atomic E-state index is 13.0. The summed E-state index contributed by atoms with van der Waals surface area (Å²) in [4.78, 5) is 23.5. The predicted octanol–water partition coefficient (Wildman–Crippen LogP) is 4.22. The molecule has 0 N–H and O–H groups in total. The van der Waals surface area contributed by atoms with Gasteiger partial charge in [-0.2, -0.15) is 0 Å². The van der Waals surface area contributed by atoms with Crippen LogP contribution in [0.4, 0.5) is 0 Å². The largest absolute Gasteiger partial charge is 0.338 e. The van der Waals surface area contributed by atoms with Crippen molar-refractivity contribution in [3.8, 4) is 0 Å². The van der Waals surface area contributed by atoms with E-state index in [9.17, 15) is 4.79 Å². The number of aromatic nitrogens is 2. The van der Waals surface area contributed by atoms with Gasteiger partial charge < -0.3 is 4.90 Å². The average molecular weight is 351 g/mol. The Morgan fingerprint density at radius 1 is 1.27 bits per heavy atom. The van der Waals surface area contributed by atoms with Crippen LogP contribution in [0.15, 0.2) is 36.8 Å². The summed E-state index contributed by atoms with van der Waals surface area (Å²) in [6.07, 6.45) is 9.57. The average Bonchev–Trinajstić information content (AvgIpc) is 2.68. The molecule has 1 fully saturated rings. The summed E-state index contributed by atoms with van der Waals surface area (Å²) in [5, 5.41) is 0. The lowest BCUT2D eigenvalue weighted by Crippen LogP contribution is -2.40. The van der Waals surface area contributed by atoms with Crippen molar-refractivity contribution < 1.29 is 4.79 Å². The Kier molecular flexibility index (Phi) is 6.37. The van der Waals surface area contributed by atoms with E-state index in [0.29, 0.717) is 11.5 Å². The first-order valence-corrected chi connectivity index (χ1v) is 9.81. The van der Waals surface area contributed by atoms with Gasteiger partial charge in [0.25, 0.3) is 5.91 Å². The molecule has 2 aromatic rings. The number of hydrogen-bond acceptors (Lipinski definition) is 3. The SMILES string of the molecule is CCCc1ncncc1C(=O)N1CCC[C@@H](CCc2ccccc2C)C1. The van der Waals surface area contributed by atoms with E-state index in [1.807, 2.05) is 4.90 Å². The molecule has 1 aliphatic rings. The number of amides is 1. The van der Waals surface area contributed by atoms with Crippen molar-refractivity contribution in [1.29, 1.82) is 0 Å². The Morgan fingerprint density at radius 2 is 2.12 bits per heavy atom. The molecule has 3 rings (SSSR count). The zero-order chi connectivity index (χ0) is 18.4. The number of nitrogens with zero attached hydrogens (tertiary/aromatic N) is 3. The molecule has 0 radical (unpaired) electrons. The van der Waals surface area contributed by atoms with Gasteiger partial charge in [0.2, 0.25) is 0 Å². The number of aryl methyl sites for hydroxylation is 3. The third-order valence-corrected chi connectivity index (χ3v) is 5.40. The number of piperidine rings is 1. The van der Waals surface area contributed by atoms with Crippen LogP contribution >= 0.6 is 0 Å². The zero-order valence-electron chi connectivity index (χ0n) is 15.9. The minimum absolute atomic E-state index is 0.106. The molecule has 1 aromatic heterocycles. The fraction of sp³-hybridized carbons (Fsp3) is 0.500. The lowest BCUT2D eigenvalue weighted by molar-refractivity contribution is 0.0666. The van der Waals surface area contributed by atoms with E-state index in [2.05, 4.69) is 48.1 Å². The molecule has 0 spiro atoms. The first-order chi connectivity index (χ1) is 12.7. The second-order valence-electron chi connectivity index (χ2n) is 7.36. The molecule has 0 aliphatic carbocycles. The Hall–Kier alpha value is -2.23. The summed E-state index contributed by atoms with van der Waals surface area (Å²) in [7, 11) is 0. The van der Waals surface area contributed by atoms with Crippen molar-refractivity contribution in [2.24, 2.45) is 5.92 Å². The normalized spacial score (nSPS) is 17.3. The maximum atomic E-state index is 13.0. The standard InChI is InChI=1S/C22H29N3O/c1-3-7-21-20(14-23-16-24-21)22(26)25-13-6-9-18(15-25)11-12-19-10-5-4-8-17(19)2/h4-5,8,10,14,16,18H,3,6-7,9,11-13,15H2,1-2H3/t18-/m0/s1. The Bertz CT molecular complexity index is 744. The van der Waals surface area contributed by atoms with E-state index in [4.69, 9.17) is 0 Å². The summed E-state index contributed by atoms with van der Waals surface area (Å²) in [5.41, 5.74) is 4.36. The molecule has 4 heteroatoms. The van der Waals surface area contributed by atoms with Crippen molar-refractivity contribution in [3.05, 3.63) is 59.2 Å². The summed E-state index contributed by atoms with van der Waals surface area (Å²) >= 11 is 0. The highest BCUT2D eigenvalue weighted by Gasteiger charge is 2.26. The molecule has 1 aromatic carbocycles. The fourth-order valence-electron chi connectivity index (χ4n) is 3.88. The molecule has 1 atom stereocenters. The number of carbonyl (C=O) groups excluding carboxylic acids is 1. The maximum Gasteiger partial charge on any atom is 0.257 e. The molecule has 26 heavy (non-hydrogen) atoms. The van der Waals surface area contributed by atoms with Crippen LogP contribution in [0.1, 0.15) is 59.8 Å². The molecule has 0 saturated carbocycles. The van der Waals surface area contributed by atoms with E-state index in [-0.39, 0.29) is 5.91 Å². The summed E-state index contributed by atoms with van der Waals surface area (Å²) in [6, 6.07) is 8.61. The van der Waals surface area contributed by atoms with Gasteiger partial charge in [-0.3, -0.25) is 4.79 Å². The second kappa shape index (κ2) is 8.93. The van der Waals surface area contributed by atoms with E-state index in [1.165, 1.54) is 17.5 Å². The van der Waals surface area contributed by atoms with E-state index >= 15 is 0 Å². The highest BCUT2D eigenvalue weighted by Crippen LogP contribution is 2.24. The van der Waals surface area contributed by atoms with Crippen LogP contribution in [-0.4, -0.2) is 33.9 Å². The third-order valence-electron chi connectivity index (χ3n) is 5.40. The Morgan fingerprint density at radius 3 is 2.92 bits per heavy atom. The van der Waals surface area contributed by atoms with Gasteiger partial charge in [-0.25, -0.2) is 9.97 Å². The zero-order valence-corrected chi connectivity index (χ0v) is 15.9. The van der Waals surface area contributed by atoms with Gasteiger partial charge in [0.15, 0.2) is 0 Å². The van der Waals surface area contributed by atoms with Crippen LogP contribution in [0.2, 0.25) is 0 Å². The predicted molar refractivity (Wildman–Crippen MR) is 104 cm³/mol. The molecule has 0 bridgehead atoms. The molecule has 0 unspecified atom stereocenters. The second-order valence-corrected chi connectivity index (χ2v) is 7.36. The third kappa shape index (κ3) is 4.48. The molecule has 1 saturated heterocycles. The Labute approximate surface area is 156 Å². The fourth-order valence-corrected chi connectivity index (χ4v) is 3.88. The lowest BCUT2D eigenvalue weighted by atomic mass is 9.90. The highest BCUT2D eigenvalue weighted by atomic mass is 16.2. The molecule has 1 amide bonds. The lowest BCUT2D eigenvalue weighted by Gasteiger charge is -2.33. The van der Waals surface area contributed by atoms with Gasteiger partial charge >= 0.3 is 0 Å². The van der Waals surface area contributed by atoms with Crippen LogP contribution in [-0.2, 0) is 12.8 Å². The van der Waals surface area contributed by atoms with Crippen molar-refractivity contribution in [3.63, 3.8) is 0 Å². The summed E-state index contributed by atoms with van der Waals surface area (Å²) < 4.78 is 0. The topological polar surface area (TPSA) is 46.1 Å². The van der Waals surface area contributed by atoms with E-state index in [1.54, 1.807) is 12.5 Å². The van der Waals surface area contributed by atoms with Crippen molar-refractivity contribution in [1.82, 2.24) is 14.9 Å². The number of hydrogen-bond donors (Lipinski definition) is 0. The first kappa shape index (κ1) is 18.6. The first-order valence-electron chi connectivity index (χ1n) is 9.81. The molecule has 138 valence electrons. The van der Waals surface area contributed by atoms with Gasteiger partial charge in [0.1, 0.15) is 6.33 Å². The monoisotopic (exact) mass is 351 g/mol. The highest BCUT2D eigenvalue weighted by molar-refractivity contribution is 5.95. The van der Waals surface area contributed by atoms with E-state index < -0.39 is 0 Å². The van der Waals surface area contributed by atoms with Crippen LogP contribution in [0.3, 0.4) is 0 Å². The molecule has 2 heterocycles. The van der Waals surface area contributed by atoms with Crippen LogP contribution in [0.5, 0.6) is 0 Å². The number of rotatable bonds is 6. The summed E-state index contributed by atoms with van der Waals surface area (Å²) in [5.74, 6) is 0.682. The Balaban J connectivity index is 1.63. The van der Waals surface area contributed by atoms with Gasteiger partial charge in [-0.15, -0.1) is 0 Å². The van der Waals surface area contributed by atoms with Crippen molar-refractivity contribution in [2.45, 2.75) is 52.4 Å². The van der Waals surface area contributed by atoms with Crippen molar-refractivity contribution >= 4 is 5.91 Å². The van der Waals surface area contributed by atoms with Crippen LogP contribution in [0.25, 0.3) is 0 Å². The van der Waals surface area contributed by atoms with E-state index in [0.717, 1.165) is 50.9 Å². The minimum Gasteiger partial charge on any atom is -0.338 e. The minimum atomic E-state index is 0.106. The van der Waals surface area contributed by atoms with Gasteiger partial charge in [-0.1, -0.05) is 37.6 Å². The molecular weight excluding hydrogens is 322 g/mol. The van der Waals surface area contributed by atoms with Gasteiger partial charge in [0.05, 0.1) is 11.3 Å². The van der Waals surface area contributed by atoms with Crippen molar-refractivity contribution in [2.75, 3.05) is 13.1 Å². The van der Waals surface area contributed by atoms with Crippen LogP contribution in [0, 0.1) is 12.8 Å².